The quantitative estimate of drug-likeness (QED) is 0.884. The van der Waals surface area contributed by atoms with E-state index in [0.29, 0.717) is 11.6 Å². The van der Waals surface area contributed by atoms with Crippen LogP contribution < -0.4 is 5.32 Å². The van der Waals surface area contributed by atoms with Gasteiger partial charge in [-0.05, 0) is 52.7 Å². The lowest BCUT2D eigenvalue weighted by atomic mass is 10.3. The number of rotatable bonds is 3. The second kappa shape index (κ2) is 5.64. The van der Waals surface area contributed by atoms with Crippen LogP contribution in [-0.4, -0.2) is 10.9 Å². The van der Waals surface area contributed by atoms with Crippen molar-refractivity contribution in [2.75, 3.05) is 5.32 Å². The Kier molecular flexibility index (Phi) is 3.94. The fourth-order valence-corrected chi connectivity index (χ4v) is 1.54. The molecular weight excluding hydrogens is 296 g/mol. The minimum atomic E-state index is -0.249. The van der Waals surface area contributed by atoms with Crippen LogP contribution in [0.3, 0.4) is 0 Å². The number of amides is 1. The van der Waals surface area contributed by atoms with Crippen molar-refractivity contribution >= 4 is 33.7 Å². The second-order valence-corrected chi connectivity index (χ2v) is 4.51. The number of pyridine rings is 1. The van der Waals surface area contributed by atoms with E-state index in [1.165, 1.54) is 6.08 Å². The van der Waals surface area contributed by atoms with Crippen LogP contribution in [0.1, 0.15) is 11.3 Å². The van der Waals surface area contributed by atoms with Gasteiger partial charge in [-0.3, -0.25) is 4.79 Å². The fraction of sp³-hybridized carbons (Fsp3) is 0.0769. The Morgan fingerprint density at radius 2 is 2.39 bits per heavy atom. The zero-order chi connectivity index (χ0) is 13.0. The number of nitrogens with zero attached hydrogens (tertiary/aromatic N) is 1. The van der Waals surface area contributed by atoms with E-state index in [2.05, 4.69) is 26.2 Å². The molecule has 0 spiro atoms. The van der Waals surface area contributed by atoms with Gasteiger partial charge < -0.3 is 9.73 Å². The van der Waals surface area contributed by atoms with E-state index < -0.39 is 0 Å². The lowest BCUT2D eigenvalue weighted by Gasteiger charge is -2.03. The van der Waals surface area contributed by atoms with E-state index >= 15 is 0 Å². The van der Waals surface area contributed by atoms with Crippen molar-refractivity contribution < 1.29 is 9.21 Å². The first kappa shape index (κ1) is 12.6. The predicted molar refractivity (Wildman–Crippen MR) is 73.0 cm³/mol. The molecule has 0 atom stereocenters. The summed E-state index contributed by atoms with van der Waals surface area (Å²) < 4.78 is 5.99. The molecule has 4 nitrogen and oxygen atoms in total. The maximum Gasteiger partial charge on any atom is 0.249 e. The summed E-state index contributed by atoms with van der Waals surface area (Å²) in [5.74, 6) is 0.899. The molecule has 2 heterocycles. The molecule has 0 saturated carbocycles. The Bertz CT molecular complexity index is 577. The molecule has 0 aromatic carbocycles. The SMILES string of the molecule is Cc1cc(NC(=O)C=Cc2ccco2)ncc1Br. The number of hydrogen-bond donors (Lipinski definition) is 1. The van der Waals surface area contributed by atoms with Crippen LogP contribution in [0.25, 0.3) is 6.08 Å². The summed E-state index contributed by atoms with van der Waals surface area (Å²) in [6, 6.07) is 5.33. The Labute approximate surface area is 113 Å². The third-order valence-corrected chi connectivity index (χ3v) is 3.07. The number of aryl methyl sites for hydroxylation is 1. The molecule has 18 heavy (non-hydrogen) atoms. The average Bonchev–Trinajstić information content (AvgIpc) is 2.84. The number of nitrogens with one attached hydrogen (secondary N) is 1. The standard InChI is InChI=1S/C13H11BrN2O2/c1-9-7-12(15-8-11(9)14)16-13(17)5-4-10-3-2-6-18-10/h2-8H,1H3,(H,15,16,17). The Hall–Kier alpha value is -1.88. The van der Waals surface area contributed by atoms with Gasteiger partial charge in [-0.1, -0.05) is 0 Å². The van der Waals surface area contributed by atoms with Crippen molar-refractivity contribution in [2.24, 2.45) is 0 Å². The first-order valence-electron chi connectivity index (χ1n) is 5.30. The summed E-state index contributed by atoms with van der Waals surface area (Å²) >= 11 is 3.35. The molecule has 2 aromatic heterocycles. The molecule has 1 N–H and O–H groups in total. The zero-order valence-corrected chi connectivity index (χ0v) is 11.3. The van der Waals surface area contributed by atoms with Crippen LogP contribution in [0.15, 0.2) is 45.6 Å². The van der Waals surface area contributed by atoms with Gasteiger partial charge in [-0.25, -0.2) is 4.98 Å². The molecule has 92 valence electrons. The number of halogens is 1. The van der Waals surface area contributed by atoms with Gasteiger partial charge >= 0.3 is 0 Å². The topological polar surface area (TPSA) is 55.1 Å². The molecule has 2 aromatic rings. The highest BCUT2D eigenvalue weighted by atomic mass is 79.9. The van der Waals surface area contributed by atoms with Crippen LogP contribution >= 0.6 is 15.9 Å². The lowest BCUT2D eigenvalue weighted by molar-refractivity contribution is -0.111. The van der Waals surface area contributed by atoms with Crippen LogP contribution in [0.5, 0.6) is 0 Å². The van der Waals surface area contributed by atoms with Gasteiger partial charge in [0, 0.05) is 16.7 Å². The van der Waals surface area contributed by atoms with Crippen molar-refractivity contribution in [3.05, 3.63) is 52.5 Å². The van der Waals surface area contributed by atoms with Crippen molar-refractivity contribution in [2.45, 2.75) is 6.92 Å². The van der Waals surface area contributed by atoms with Gasteiger partial charge in [0.25, 0.3) is 0 Å². The number of carbonyl (C=O) groups excluding carboxylic acids is 1. The summed E-state index contributed by atoms with van der Waals surface area (Å²) in [6.07, 6.45) is 6.21. The summed E-state index contributed by atoms with van der Waals surface area (Å²) in [6.45, 7) is 1.93. The number of furan rings is 1. The van der Waals surface area contributed by atoms with E-state index in [1.54, 1.807) is 36.7 Å². The van der Waals surface area contributed by atoms with Gasteiger partial charge in [0.15, 0.2) is 0 Å². The van der Waals surface area contributed by atoms with Crippen LogP contribution in [0.4, 0.5) is 5.82 Å². The lowest BCUT2D eigenvalue weighted by Crippen LogP contribution is -2.09. The van der Waals surface area contributed by atoms with Crippen molar-refractivity contribution in [3.8, 4) is 0 Å². The molecule has 0 saturated heterocycles. The predicted octanol–water partition coefficient (Wildman–Crippen LogP) is 3.40. The minimum Gasteiger partial charge on any atom is -0.465 e. The highest BCUT2D eigenvalue weighted by molar-refractivity contribution is 9.10. The van der Waals surface area contributed by atoms with Gasteiger partial charge in [-0.2, -0.15) is 0 Å². The average molecular weight is 307 g/mol. The van der Waals surface area contributed by atoms with Crippen LogP contribution in [0.2, 0.25) is 0 Å². The monoisotopic (exact) mass is 306 g/mol. The Balaban J connectivity index is 2.01. The van der Waals surface area contributed by atoms with E-state index in [0.717, 1.165) is 10.0 Å². The molecule has 0 bridgehead atoms. The maximum absolute atomic E-state index is 11.6. The minimum absolute atomic E-state index is 0.249. The molecule has 0 unspecified atom stereocenters. The zero-order valence-electron chi connectivity index (χ0n) is 9.68. The third-order valence-electron chi connectivity index (χ3n) is 2.24. The van der Waals surface area contributed by atoms with E-state index in [1.807, 2.05) is 6.92 Å². The third kappa shape index (κ3) is 3.30. The van der Waals surface area contributed by atoms with E-state index in [9.17, 15) is 4.79 Å². The van der Waals surface area contributed by atoms with Gasteiger partial charge in [0.1, 0.15) is 11.6 Å². The normalized spacial score (nSPS) is 10.8. The molecule has 0 radical (unpaired) electrons. The van der Waals surface area contributed by atoms with E-state index in [-0.39, 0.29) is 5.91 Å². The molecule has 0 aliphatic heterocycles. The number of carbonyl (C=O) groups is 1. The number of hydrogen-bond acceptors (Lipinski definition) is 3. The van der Waals surface area contributed by atoms with Crippen molar-refractivity contribution in [1.82, 2.24) is 4.98 Å². The van der Waals surface area contributed by atoms with Crippen LogP contribution in [-0.2, 0) is 4.79 Å². The molecule has 0 aliphatic rings. The Morgan fingerprint density at radius 1 is 1.56 bits per heavy atom. The number of anilines is 1. The first-order chi connectivity index (χ1) is 8.65. The van der Waals surface area contributed by atoms with Gasteiger partial charge in [0.2, 0.25) is 5.91 Å². The van der Waals surface area contributed by atoms with Crippen LogP contribution in [0, 0.1) is 6.92 Å². The smallest absolute Gasteiger partial charge is 0.249 e. The molecular formula is C13H11BrN2O2. The summed E-state index contributed by atoms with van der Waals surface area (Å²) in [5, 5.41) is 2.67. The van der Waals surface area contributed by atoms with Gasteiger partial charge in [-0.15, -0.1) is 0 Å². The number of aromatic nitrogens is 1. The van der Waals surface area contributed by atoms with E-state index in [4.69, 9.17) is 4.42 Å². The summed E-state index contributed by atoms with van der Waals surface area (Å²) in [5.41, 5.74) is 1.01. The molecule has 5 heteroatoms. The highest BCUT2D eigenvalue weighted by Gasteiger charge is 2.02. The second-order valence-electron chi connectivity index (χ2n) is 3.66. The summed E-state index contributed by atoms with van der Waals surface area (Å²) in [7, 11) is 0. The van der Waals surface area contributed by atoms with Gasteiger partial charge in [0.05, 0.1) is 6.26 Å². The largest absolute Gasteiger partial charge is 0.465 e. The molecule has 1 amide bonds. The highest BCUT2D eigenvalue weighted by Crippen LogP contribution is 2.17. The molecule has 0 aliphatic carbocycles. The van der Waals surface area contributed by atoms with Crippen molar-refractivity contribution in [3.63, 3.8) is 0 Å². The maximum atomic E-state index is 11.6. The molecule has 0 fully saturated rings. The van der Waals surface area contributed by atoms with Crippen molar-refractivity contribution in [1.29, 1.82) is 0 Å². The molecule has 2 rings (SSSR count). The fourth-order valence-electron chi connectivity index (χ4n) is 1.32. The Morgan fingerprint density at radius 3 is 3.06 bits per heavy atom. The first-order valence-corrected chi connectivity index (χ1v) is 6.09. The summed E-state index contributed by atoms with van der Waals surface area (Å²) in [4.78, 5) is 15.7.